The van der Waals surface area contributed by atoms with Gasteiger partial charge < -0.3 is 25.2 Å². The molecule has 5 nitrogen and oxygen atoms in total. The highest BCUT2D eigenvalue weighted by molar-refractivity contribution is 6.60. The maximum Gasteiger partial charge on any atom is 0.500 e. The molecule has 88 valence electrons. The monoisotopic (exact) mass is 224 g/mol. The summed E-state index contributed by atoms with van der Waals surface area (Å²) >= 11 is 0. The van der Waals surface area contributed by atoms with E-state index in [2.05, 4.69) is 0 Å². The van der Waals surface area contributed by atoms with Gasteiger partial charge in [-0.25, -0.2) is 0 Å². The predicted molar refractivity (Wildman–Crippen MR) is 59.5 cm³/mol. The van der Waals surface area contributed by atoms with Gasteiger partial charge >= 0.3 is 8.80 Å². The first-order valence-corrected chi connectivity index (χ1v) is 6.44. The van der Waals surface area contributed by atoms with Gasteiger partial charge in [0.25, 0.3) is 0 Å². The molecular weight excluding hydrogens is 200 g/mol. The fraction of sp³-hybridized carbons (Fsp3) is 1.00. The Morgan fingerprint density at radius 3 is 1.86 bits per heavy atom. The molecule has 0 rings (SSSR count). The van der Waals surface area contributed by atoms with Gasteiger partial charge in [0.15, 0.2) is 0 Å². The van der Waals surface area contributed by atoms with E-state index in [9.17, 15) is 0 Å². The third-order valence-electron chi connectivity index (χ3n) is 2.08. The largest absolute Gasteiger partial charge is 0.500 e. The van der Waals surface area contributed by atoms with Gasteiger partial charge in [-0.2, -0.15) is 0 Å². The molecule has 0 aliphatic carbocycles. The molecule has 14 heavy (non-hydrogen) atoms. The van der Waals surface area contributed by atoms with E-state index in [0.29, 0.717) is 0 Å². The van der Waals surface area contributed by atoms with Crippen LogP contribution in [0.25, 0.3) is 0 Å². The molecule has 0 aromatic heterocycles. The van der Waals surface area contributed by atoms with Crippen LogP contribution in [0.2, 0.25) is 6.04 Å². The van der Waals surface area contributed by atoms with Crippen molar-refractivity contribution in [3.63, 3.8) is 0 Å². The Morgan fingerprint density at radius 2 is 1.57 bits per heavy atom. The van der Waals surface area contributed by atoms with Crippen LogP contribution in [0.1, 0.15) is 19.8 Å². The molecule has 0 amide bonds. The fourth-order valence-electron chi connectivity index (χ4n) is 1.20. The Labute approximate surface area is 87.9 Å². The zero-order valence-corrected chi connectivity index (χ0v) is 10.7. The Kier molecular flexibility index (Phi) is 9.79. The van der Waals surface area contributed by atoms with E-state index < -0.39 is 8.80 Å². The smallest absolute Gasteiger partial charge is 0.377 e. The quantitative estimate of drug-likeness (QED) is 0.633. The summed E-state index contributed by atoms with van der Waals surface area (Å²) in [5.41, 5.74) is 5.64. The minimum atomic E-state index is -2.34. The highest BCUT2D eigenvalue weighted by Gasteiger charge is 2.36. The van der Waals surface area contributed by atoms with Gasteiger partial charge in [0.05, 0.1) is 0 Å². The van der Waals surface area contributed by atoms with Crippen molar-refractivity contribution >= 4 is 8.80 Å². The SMILES string of the molecule is CO[Si](CCCC(C)N)(OC)OC.N. The second-order valence-corrected chi connectivity index (χ2v) is 6.26. The molecule has 0 aromatic carbocycles. The van der Waals surface area contributed by atoms with E-state index in [1.807, 2.05) is 6.92 Å². The van der Waals surface area contributed by atoms with Gasteiger partial charge in [-0.1, -0.05) is 0 Å². The second-order valence-electron chi connectivity index (χ2n) is 3.16. The summed E-state index contributed by atoms with van der Waals surface area (Å²) < 4.78 is 15.8. The Balaban J connectivity index is 0. The zero-order chi connectivity index (χ0) is 10.3. The van der Waals surface area contributed by atoms with Gasteiger partial charge in [0.2, 0.25) is 0 Å². The first-order valence-electron chi connectivity index (χ1n) is 4.51. The Hall–Kier alpha value is 0.0169. The molecule has 0 saturated heterocycles. The Morgan fingerprint density at radius 1 is 1.14 bits per heavy atom. The molecule has 0 spiro atoms. The average molecular weight is 224 g/mol. The number of nitrogens with two attached hydrogens (primary N) is 1. The maximum atomic E-state index is 5.64. The van der Waals surface area contributed by atoms with Gasteiger partial charge in [-0.3, -0.25) is 0 Å². The van der Waals surface area contributed by atoms with Crippen molar-refractivity contribution in [2.75, 3.05) is 21.3 Å². The van der Waals surface area contributed by atoms with Crippen molar-refractivity contribution in [3.05, 3.63) is 0 Å². The van der Waals surface area contributed by atoms with Crippen LogP contribution >= 0.6 is 0 Å². The van der Waals surface area contributed by atoms with E-state index in [4.69, 9.17) is 19.0 Å². The second kappa shape index (κ2) is 8.34. The van der Waals surface area contributed by atoms with E-state index >= 15 is 0 Å². The van der Waals surface area contributed by atoms with Crippen molar-refractivity contribution in [3.8, 4) is 0 Å². The molecular formula is C8H24N2O3Si. The van der Waals surface area contributed by atoms with Crippen molar-refractivity contribution in [1.82, 2.24) is 6.15 Å². The van der Waals surface area contributed by atoms with E-state index in [1.165, 1.54) is 0 Å². The maximum absolute atomic E-state index is 5.64. The molecule has 1 unspecified atom stereocenters. The molecule has 0 saturated carbocycles. The summed E-state index contributed by atoms with van der Waals surface area (Å²) in [7, 11) is 2.55. The molecule has 1 atom stereocenters. The van der Waals surface area contributed by atoms with E-state index in [-0.39, 0.29) is 12.2 Å². The lowest BCUT2D eigenvalue weighted by molar-refractivity contribution is 0.122. The van der Waals surface area contributed by atoms with Crippen LogP contribution in [-0.4, -0.2) is 36.2 Å². The number of rotatable bonds is 7. The molecule has 0 bridgehead atoms. The standard InChI is InChI=1S/C8H21NO3Si.H3N/c1-8(9)6-5-7-13(10-2,11-3)12-4;/h8H,5-7,9H2,1-4H3;1H3. The van der Waals surface area contributed by atoms with Crippen LogP contribution in [0.15, 0.2) is 0 Å². The van der Waals surface area contributed by atoms with Gasteiger partial charge in [-0.15, -0.1) is 0 Å². The summed E-state index contributed by atoms with van der Waals surface area (Å²) in [4.78, 5) is 0. The molecule has 0 fully saturated rings. The first kappa shape index (κ1) is 16.4. The van der Waals surface area contributed by atoms with Crippen LogP contribution in [0.4, 0.5) is 0 Å². The van der Waals surface area contributed by atoms with Crippen LogP contribution in [0.3, 0.4) is 0 Å². The normalized spacial score (nSPS) is 13.5. The molecule has 5 N–H and O–H groups in total. The molecule has 0 aliphatic heterocycles. The van der Waals surface area contributed by atoms with E-state index in [0.717, 1.165) is 18.9 Å². The zero-order valence-electron chi connectivity index (χ0n) is 9.71. The van der Waals surface area contributed by atoms with Crippen molar-refractivity contribution in [2.24, 2.45) is 5.73 Å². The van der Waals surface area contributed by atoms with Gasteiger partial charge in [0.1, 0.15) is 0 Å². The fourth-order valence-corrected chi connectivity index (χ4v) is 2.95. The summed E-state index contributed by atoms with van der Waals surface area (Å²) in [5, 5.41) is 0. The van der Waals surface area contributed by atoms with Crippen LogP contribution in [0, 0.1) is 0 Å². The average Bonchev–Trinajstić information content (AvgIpc) is 2.13. The molecule has 0 aromatic rings. The summed E-state index contributed by atoms with van der Waals surface area (Å²) in [6.07, 6.45) is 1.96. The lowest BCUT2D eigenvalue weighted by Crippen LogP contribution is -2.42. The van der Waals surface area contributed by atoms with Gasteiger partial charge in [-0.05, 0) is 19.8 Å². The molecule has 0 aliphatic rings. The van der Waals surface area contributed by atoms with Crippen LogP contribution in [-0.2, 0) is 13.3 Å². The summed E-state index contributed by atoms with van der Waals surface area (Å²) in [6.45, 7) is 2.00. The molecule has 0 heterocycles. The highest BCUT2D eigenvalue weighted by atomic mass is 28.4. The van der Waals surface area contributed by atoms with E-state index in [1.54, 1.807) is 21.3 Å². The third-order valence-corrected chi connectivity index (χ3v) is 4.91. The molecule has 0 radical (unpaired) electrons. The minimum Gasteiger partial charge on any atom is -0.377 e. The molecule has 6 heteroatoms. The van der Waals surface area contributed by atoms with Gasteiger partial charge in [0, 0.05) is 33.4 Å². The minimum absolute atomic E-state index is 0. The topological polar surface area (TPSA) is 88.7 Å². The van der Waals surface area contributed by atoms with Crippen LogP contribution < -0.4 is 11.9 Å². The lowest BCUT2D eigenvalue weighted by atomic mass is 10.2. The van der Waals surface area contributed by atoms with Crippen molar-refractivity contribution in [1.29, 1.82) is 0 Å². The lowest BCUT2D eigenvalue weighted by Gasteiger charge is -2.24. The summed E-state index contributed by atoms with van der Waals surface area (Å²) in [6, 6.07) is 1.06. The number of hydrogen-bond donors (Lipinski definition) is 2. The predicted octanol–water partition coefficient (Wildman–Crippen LogP) is 1.15. The first-order chi connectivity index (χ1) is 6.10. The number of hydrogen-bond acceptors (Lipinski definition) is 5. The Bertz CT molecular complexity index is 123. The summed E-state index contributed by atoms with van der Waals surface area (Å²) in [5.74, 6) is 0. The van der Waals surface area contributed by atoms with Crippen molar-refractivity contribution < 1.29 is 13.3 Å². The van der Waals surface area contributed by atoms with Crippen molar-refractivity contribution in [2.45, 2.75) is 31.9 Å². The highest BCUT2D eigenvalue weighted by Crippen LogP contribution is 2.16. The third kappa shape index (κ3) is 5.69. The van der Waals surface area contributed by atoms with Crippen LogP contribution in [0.5, 0.6) is 0 Å².